The summed E-state index contributed by atoms with van der Waals surface area (Å²) in [5.74, 6) is 0.282. The van der Waals surface area contributed by atoms with Crippen molar-refractivity contribution < 1.29 is 22.7 Å². The van der Waals surface area contributed by atoms with Gasteiger partial charge in [0.1, 0.15) is 5.75 Å². The quantitative estimate of drug-likeness (QED) is 0.586. The van der Waals surface area contributed by atoms with Gasteiger partial charge < -0.3 is 19.7 Å². The monoisotopic (exact) mass is 385 g/mol. The number of amides is 1. The van der Waals surface area contributed by atoms with Crippen molar-refractivity contribution in [2.24, 2.45) is 0 Å². The van der Waals surface area contributed by atoms with Crippen molar-refractivity contribution in [3.8, 4) is 5.75 Å². The second-order valence-corrected chi connectivity index (χ2v) is 7.81. The van der Waals surface area contributed by atoms with Crippen LogP contribution in [0.2, 0.25) is 0 Å². The maximum Gasteiger partial charge on any atom is 0.238 e. The summed E-state index contributed by atoms with van der Waals surface area (Å²) in [6.07, 6.45) is 0. The van der Waals surface area contributed by atoms with Crippen LogP contribution >= 0.6 is 0 Å². The first-order valence-corrected chi connectivity index (χ1v) is 10.3. The summed E-state index contributed by atoms with van der Waals surface area (Å²) in [4.78, 5) is 14.4. The van der Waals surface area contributed by atoms with Crippen molar-refractivity contribution >= 4 is 15.9 Å². The Kier molecular flexibility index (Phi) is 7.83. The maximum atomic E-state index is 12.7. The van der Waals surface area contributed by atoms with Crippen LogP contribution in [0, 0.1) is 0 Å². The van der Waals surface area contributed by atoms with Crippen LogP contribution in [0.15, 0.2) is 24.3 Å². The lowest BCUT2D eigenvalue weighted by molar-refractivity contribution is -0.133. The Balaban J connectivity index is 2.03. The first-order valence-electron chi connectivity index (χ1n) is 8.66. The summed E-state index contributed by atoms with van der Waals surface area (Å²) in [6.45, 7) is 3.85. The first-order chi connectivity index (χ1) is 12.5. The number of hydrogen-bond acceptors (Lipinski definition) is 6. The lowest BCUT2D eigenvalue weighted by Crippen LogP contribution is -2.51. The molecule has 1 aliphatic heterocycles. The fourth-order valence-electron chi connectivity index (χ4n) is 2.88. The van der Waals surface area contributed by atoms with Crippen LogP contribution in [0.4, 0.5) is 0 Å². The lowest BCUT2D eigenvalue weighted by atomic mass is 10.0. The minimum Gasteiger partial charge on any atom is -0.496 e. The van der Waals surface area contributed by atoms with Gasteiger partial charge in [-0.1, -0.05) is 18.2 Å². The molecule has 1 atom stereocenters. The highest BCUT2D eigenvalue weighted by Crippen LogP contribution is 2.30. The third-order valence-electron chi connectivity index (χ3n) is 4.21. The molecule has 1 heterocycles. The molecule has 146 valence electrons. The number of benzene rings is 1. The van der Waals surface area contributed by atoms with Crippen LogP contribution in [0.3, 0.4) is 0 Å². The number of nitrogens with one attached hydrogen (secondary N) is 2. The van der Waals surface area contributed by atoms with E-state index in [-0.39, 0.29) is 30.9 Å². The van der Waals surface area contributed by atoms with Crippen molar-refractivity contribution in [2.75, 3.05) is 52.3 Å². The predicted octanol–water partition coefficient (Wildman–Crippen LogP) is 0.124. The van der Waals surface area contributed by atoms with Crippen LogP contribution in [-0.2, 0) is 19.6 Å². The Bertz CT molecular complexity index is 695. The Morgan fingerprint density at radius 1 is 1.38 bits per heavy atom. The molecule has 0 spiro atoms. The average molecular weight is 385 g/mol. The molecule has 0 saturated carbocycles. The van der Waals surface area contributed by atoms with Gasteiger partial charge in [0.25, 0.3) is 0 Å². The van der Waals surface area contributed by atoms with Gasteiger partial charge in [0.2, 0.25) is 15.9 Å². The normalized spacial score (nSPS) is 17.9. The summed E-state index contributed by atoms with van der Waals surface area (Å²) in [7, 11) is -1.95. The average Bonchev–Trinajstić information content (AvgIpc) is 2.66. The Hall–Kier alpha value is -1.68. The number of carbonyl (C=O) groups excluding carboxylic acids is 1. The molecule has 2 rings (SSSR count). The molecule has 1 aromatic carbocycles. The van der Waals surface area contributed by atoms with Gasteiger partial charge in [-0.05, 0) is 13.0 Å². The highest BCUT2D eigenvalue weighted by atomic mass is 32.2. The number of para-hydroxylation sites is 1. The molecule has 1 amide bonds. The van der Waals surface area contributed by atoms with E-state index in [0.717, 1.165) is 5.56 Å². The van der Waals surface area contributed by atoms with E-state index >= 15 is 0 Å². The Morgan fingerprint density at radius 3 is 2.88 bits per heavy atom. The molecule has 1 aromatic rings. The minimum absolute atomic E-state index is 0.109. The summed E-state index contributed by atoms with van der Waals surface area (Å²) in [5, 5.41) is 3.27. The van der Waals surface area contributed by atoms with Gasteiger partial charge in [-0.15, -0.1) is 0 Å². The molecule has 0 radical (unpaired) electrons. The van der Waals surface area contributed by atoms with Crippen molar-refractivity contribution in [1.29, 1.82) is 0 Å². The van der Waals surface area contributed by atoms with Gasteiger partial charge in [-0.3, -0.25) is 4.79 Å². The number of nitrogens with zero attached hydrogens (tertiary/aromatic N) is 1. The smallest absolute Gasteiger partial charge is 0.238 e. The molecule has 1 saturated heterocycles. The SMILES string of the molecule is CCOCCS(=O)(=O)NCC(=O)N1CCNCC1c1ccccc1OC. The van der Waals surface area contributed by atoms with Gasteiger partial charge in [0, 0.05) is 31.8 Å². The standard InChI is InChI=1S/C17H27N3O5S/c1-3-25-10-11-26(22,23)19-13-17(21)20-9-8-18-12-15(20)14-6-4-5-7-16(14)24-2/h4-7,15,18-19H,3,8-13H2,1-2H3. The second-order valence-electron chi connectivity index (χ2n) is 5.89. The molecular formula is C17H27N3O5S. The van der Waals surface area contributed by atoms with Crippen LogP contribution in [-0.4, -0.2) is 71.5 Å². The molecule has 1 aliphatic rings. The zero-order valence-corrected chi connectivity index (χ0v) is 16.0. The number of methoxy groups -OCH3 is 1. The van der Waals surface area contributed by atoms with Crippen LogP contribution < -0.4 is 14.8 Å². The summed E-state index contributed by atoms with van der Waals surface area (Å²) < 4.78 is 36.7. The summed E-state index contributed by atoms with van der Waals surface area (Å²) in [6, 6.07) is 7.33. The number of piperazine rings is 1. The zero-order valence-electron chi connectivity index (χ0n) is 15.2. The third-order valence-corrected chi connectivity index (χ3v) is 5.49. The van der Waals surface area contributed by atoms with Crippen molar-refractivity contribution in [2.45, 2.75) is 13.0 Å². The van der Waals surface area contributed by atoms with E-state index < -0.39 is 10.0 Å². The maximum absolute atomic E-state index is 12.7. The van der Waals surface area contributed by atoms with Crippen LogP contribution in [0.5, 0.6) is 5.75 Å². The van der Waals surface area contributed by atoms with Gasteiger partial charge >= 0.3 is 0 Å². The lowest BCUT2D eigenvalue weighted by Gasteiger charge is -2.37. The molecule has 8 nitrogen and oxygen atoms in total. The molecule has 2 N–H and O–H groups in total. The van der Waals surface area contributed by atoms with Crippen molar-refractivity contribution in [1.82, 2.24) is 14.9 Å². The fraction of sp³-hybridized carbons (Fsp3) is 0.588. The van der Waals surface area contributed by atoms with Gasteiger partial charge in [0.15, 0.2) is 0 Å². The van der Waals surface area contributed by atoms with Crippen LogP contribution in [0.25, 0.3) is 0 Å². The number of rotatable bonds is 9. The number of hydrogen-bond donors (Lipinski definition) is 2. The number of carbonyl (C=O) groups is 1. The Morgan fingerprint density at radius 2 is 2.15 bits per heavy atom. The highest BCUT2D eigenvalue weighted by molar-refractivity contribution is 7.89. The largest absolute Gasteiger partial charge is 0.496 e. The molecule has 1 fully saturated rings. The fourth-order valence-corrected chi connectivity index (χ4v) is 3.71. The van der Waals surface area contributed by atoms with Crippen molar-refractivity contribution in [3.05, 3.63) is 29.8 Å². The molecule has 0 bridgehead atoms. The number of sulfonamides is 1. The van der Waals surface area contributed by atoms with E-state index in [1.54, 1.807) is 18.9 Å². The van der Waals surface area contributed by atoms with Gasteiger partial charge in [-0.25, -0.2) is 13.1 Å². The van der Waals surface area contributed by atoms with E-state index in [9.17, 15) is 13.2 Å². The molecular weight excluding hydrogens is 358 g/mol. The highest BCUT2D eigenvalue weighted by Gasteiger charge is 2.30. The van der Waals surface area contributed by atoms with Gasteiger partial charge in [0.05, 0.1) is 32.1 Å². The molecule has 9 heteroatoms. The molecule has 1 unspecified atom stereocenters. The minimum atomic E-state index is -3.55. The van der Waals surface area contributed by atoms with E-state index in [2.05, 4.69) is 10.0 Å². The van der Waals surface area contributed by atoms with Gasteiger partial charge in [-0.2, -0.15) is 0 Å². The number of ether oxygens (including phenoxy) is 2. The Labute approximate surface area is 154 Å². The summed E-state index contributed by atoms with van der Waals surface area (Å²) in [5.41, 5.74) is 0.898. The molecule has 26 heavy (non-hydrogen) atoms. The topological polar surface area (TPSA) is 97.0 Å². The first kappa shape index (κ1) is 20.6. The zero-order chi connectivity index (χ0) is 19.0. The second kappa shape index (κ2) is 9.86. The summed E-state index contributed by atoms with van der Waals surface area (Å²) >= 11 is 0. The van der Waals surface area contributed by atoms with E-state index in [1.165, 1.54) is 0 Å². The molecule has 0 aromatic heterocycles. The van der Waals surface area contributed by atoms with Crippen LogP contribution in [0.1, 0.15) is 18.5 Å². The third kappa shape index (κ3) is 5.66. The van der Waals surface area contributed by atoms with Crippen molar-refractivity contribution in [3.63, 3.8) is 0 Å². The molecule has 0 aliphatic carbocycles. The van der Waals surface area contributed by atoms with E-state index in [1.807, 2.05) is 24.3 Å². The van der Waals surface area contributed by atoms with E-state index in [0.29, 0.717) is 32.0 Å². The predicted molar refractivity (Wildman–Crippen MR) is 98.6 cm³/mol. The van der Waals surface area contributed by atoms with E-state index in [4.69, 9.17) is 9.47 Å².